The first-order chi connectivity index (χ1) is 20.4. The first kappa shape index (κ1) is 28.6. The average Bonchev–Trinajstić information content (AvgIpc) is 3.00. The Morgan fingerprint density at radius 2 is 1.74 bits per heavy atom. The van der Waals surface area contributed by atoms with E-state index in [1.807, 2.05) is 29.2 Å². The van der Waals surface area contributed by atoms with Gasteiger partial charge in [-0.05, 0) is 55.8 Å². The molecule has 220 valence electrons. The molecular formula is C31H31Cl2N3O6. The zero-order valence-electron chi connectivity index (χ0n) is 22.9. The van der Waals surface area contributed by atoms with Gasteiger partial charge in [0.1, 0.15) is 17.6 Å². The van der Waals surface area contributed by atoms with Gasteiger partial charge in [0.05, 0.1) is 46.6 Å². The zero-order valence-corrected chi connectivity index (χ0v) is 24.4. The van der Waals surface area contributed by atoms with Crippen LogP contribution in [0.3, 0.4) is 0 Å². The highest BCUT2D eigenvalue weighted by atomic mass is 35.5. The molecule has 3 aromatic rings. The van der Waals surface area contributed by atoms with Gasteiger partial charge in [-0.1, -0.05) is 47.5 Å². The molecule has 2 fully saturated rings. The van der Waals surface area contributed by atoms with Crippen molar-refractivity contribution in [1.82, 2.24) is 10.2 Å². The lowest BCUT2D eigenvalue weighted by Gasteiger charge is -2.32. The van der Waals surface area contributed by atoms with E-state index in [2.05, 4.69) is 5.32 Å². The zero-order chi connectivity index (χ0) is 29.2. The van der Waals surface area contributed by atoms with E-state index in [-0.39, 0.29) is 39.9 Å². The number of carbonyl (C=O) groups is 2. The molecule has 6 rings (SSSR count). The lowest BCUT2D eigenvalue weighted by Crippen LogP contribution is -2.37. The Kier molecular flexibility index (Phi) is 8.44. The molecular weight excluding hydrogens is 581 g/mol. The highest BCUT2D eigenvalue weighted by Gasteiger charge is 2.29. The number of carboxylic acid groups (broad SMARTS) is 1. The molecule has 3 heterocycles. The van der Waals surface area contributed by atoms with E-state index in [0.717, 1.165) is 42.6 Å². The average molecular weight is 613 g/mol. The van der Waals surface area contributed by atoms with Gasteiger partial charge in [-0.2, -0.15) is 0 Å². The van der Waals surface area contributed by atoms with Crippen LogP contribution in [-0.2, 0) is 11.3 Å². The number of piperidine rings is 1. The topological polar surface area (TPSA) is 101 Å². The number of ether oxygens (including phenoxy) is 3. The summed E-state index contributed by atoms with van der Waals surface area (Å²) < 4.78 is 17.7. The van der Waals surface area contributed by atoms with Crippen molar-refractivity contribution in [3.05, 3.63) is 75.3 Å². The van der Waals surface area contributed by atoms with Crippen LogP contribution in [0.2, 0.25) is 10.0 Å². The molecule has 11 heteroatoms. The van der Waals surface area contributed by atoms with Crippen molar-refractivity contribution in [1.29, 1.82) is 0 Å². The van der Waals surface area contributed by atoms with Crippen LogP contribution in [0, 0.1) is 0 Å². The van der Waals surface area contributed by atoms with Crippen LogP contribution < -0.4 is 19.7 Å². The monoisotopic (exact) mass is 611 g/mol. The standard InChI is InChI=1S/C31H31Cl2N3O6/c32-25-15-22(42-21-6-8-34-9-7-21)16-26(33)28(25)30(37)36-17-20-2-1-3-23(29(20)41-18-36)19-4-5-24(31(38)39)27(14-19)35-10-12-40-13-11-35/h1-5,14-16,21,34H,6-13,17-18H2,(H,38,39). The first-order valence-corrected chi connectivity index (χ1v) is 14.8. The molecule has 0 atom stereocenters. The van der Waals surface area contributed by atoms with Crippen molar-refractivity contribution in [3.63, 3.8) is 0 Å². The number of morpholine rings is 1. The van der Waals surface area contributed by atoms with Gasteiger partial charge in [-0.15, -0.1) is 0 Å². The summed E-state index contributed by atoms with van der Waals surface area (Å²) in [5.41, 5.74) is 3.56. The van der Waals surface area contributed by atoms with E-state index < -0.39 is 5.97 Å². The molecule has 0 saturated carbocycles. The van der Waals surface area contributed by atoms with Crippen LogP contribution in [0.5, 0.6) is 11.5 Å². The van der Waals surface area contributed by atoms with Crippen LogP contribution >= 0.6 is 23.2 Å². The van der Waals surface area contributed by atoms with E-state index in [4.69, 9.17) is 37.4 Å². The highest BCUT2D eigenvalue weighted by Crippen LogP contribution is 2.40. The van der Waals surface area contributed by atoms with Crippen molar-refractivity contribution in [2.24, 2.45) is 0 Å². The Morgan fingerprint density at radius 1 is 1.00 bits per heavy atom. The maximum absolute atomic E-state index is 13.6. The summed E-state index contributed by atoms with van der Waals surface area (Å²) in [6.07, 6.45) is 1.85. The number of aromatic carboxylic acids is 1. The minimum atomic E-state index is -0.980. The van der Waals surface area contributed by atoms with Crippen molar-refractivity contribution in [2.75, 3.05) is 51.0 Å². The first-order valence-electron chi connectivity index (χ1n) is 14.0. The largest absolute Gasteiger partial charge is 0.490 e. The summed E-state index contributed by atoms with van der Waals surface area (Å²) in [7, 11) is 0. The van der Waals surface area contributed by atoms with Crippen molar-refractivity contribution in [3.8, 4) is 22.6 Å². The summed E-state index contributed by atoms with van der Waals surface area (Å²) in [5.74, 6) is -0.120. The summed E-state index contributed by atoms with van der Waals surface area (Å²) in [6.45, 7) is 4.39. The SMILES string of the molecule is O=C(O)c1ccc(-c2cccc3c2OCN(C(=O)c2c(Cl)cc(OC4CCNCC4)cc2Cl)C3)cc1N1CCOCC1. The Hall–Kier alpha value is -3.50. The molecule has 0 aromatic heterocycles. The number of amides is 1. The molecule has 9 nitrogen and oxygen atoms in total. The molecule has 2 saturated heterocycles. The quantitative estimate of drug-likeness (QED) is 0.386. The molecule has 3 aliphatic rings. The molecule has 0 aliphatic carbocycles. The molecule has 0 unspecified atom stereocenters. The van der Waals surface area contributed by atoms with E-state index in [0.29, 0.717) is 50.0 Å². The maximum Gasteiger partial charge on any atom is 0.337 e. The van der Waals surface area contributed by atoms with Crippen LogP contribution in [0.25, 0.3) is 11.1 Å². The summed E-state index contributed by atoms with van der Waals surface area (Å²) in [6, 6.07) is 14.3. The number of benzene rings is 3. The van der Waals surface area contributed by atoms with Crippen molar-refractivity contribution in [2.45, 2.75) is 25.5 Å². The predicted octanol–water partition coefficient (Wildman–Crippen LogP) is 5.32. The number of anilines is 1. The molecule has 0 spiro atoms. The van der Waals surface area contributed by atoms with Gasteiger partial charge in [0.25, 0.3) is 5.91 Å². The van der Waals surface area contributed by atoms with Gasteiger partial charge in [0, 0.05) is 24.2 Å². The smallest absolute Gasteiger partial charge is 0.337 e. The molecule has 0 radical (unpaired) electrons. The third-order valence-corrected chi connectivity index (χ3v) is 8.42. The molecule has 3 aromatic carbocycles. The number of hydrogen-bond donors (Lipinski definition) is 2. The molecule has 0 bridgehead atoms. The fourth-order valence-electron chi connectivity index (χ4n) is 5.66. The highest BCUT2D eigenvalue weighted by molar-refractivity contribution is 6.39. The van der Waals surface area contributed by atoms with Gasteiger partial charge in [0.2, 0.25) is 0 Å². The van der Waals surface area contributed by atoms with Crippen LogP contribution in [0.1, 0.15) is 39.1 Å². The van der Waals surface area contributed by atoms with Crippen LogP contribution in [-0.4, -0.2) is 74.1 Å². The van der Waals surface area contributed by atoms with Crippen molar-refractivity contribution < 1.29 is 28.9 Å². The Labute approximate surface area is 253 Å². The molecule has 3 aliphatic heterocycles. The maximum atomic E-state index is 13.6. The second-order valence-corrected chi connectivity index (χ2v) is 11.4. The number of halogens is 2. The van der Waals surface area contributed by atoms with Gasteiger partial charge >= 0.3 is 5.97 Å². The second-order valence-electron chi connectivity index (χ2n) is 10.5. The fraction of sp³-hybridized carbons (Fsp3) is 0.355. The summed E-state index contributed by atoms with van der Waals surface area (Å²) in [4.78, 5) is 29.1. The summed E-state index contributed by atoms with van der Waals surface area (Å²) >= 11 is 13.1. The number of para-hydroxylation sites is 1. The van der Waals surface area contributed by atoms with Gasteiger partial charge in [-0.3, -0.25) is 4.79 Å². The summed E-state index contributed by atoms with van der Waals surface area (Å²) in [5, 5.41) is 13.6. The fourth-order valence-corrected chi connectivity index (χ4v) is 6.29. The minimum Gasteiger partial charge on any atom is -0.490 e. The van der Waals surface area contributed by atoms with E-state index in [9.17, 15) is 14.7 Å². The number of carbonyl (C=O) groups excluding carboxylic acids is 1. The van der Waals surface area contributed by atoms with E-state index in [1.165, 1.54) is 0 Å². The number of carboxylic acids is 1. The molecule has 2 N–H and O–H groups in total. The Morgan fingerprint density at radius 3 is 2.45 bits per heavy atom. The number of nitrogens with one attached hydrogen (secondary N) is 1. The van der Waals surface area contributed by atoms with Crippen molar-refractivity contribution >= 4 is 40.8 Å². The molecule has 1 amide bonds. The minimum absolute atomic E-state index is 0.00631. The predicted molar refractivity (Wildman–Crippen MR) is 160 cm³/mol. The van der Waals surface area contributed by atoms with Gasteiger partial charge in [-0.25, -0.2) is 4.79 Å². The van der Waals surface area contributed by atoms with Gasteiger partial charge in [0.15, 0.2) is 6.73 Å². The number of nitrogens with zero attached hydrogens (tertiary/aromatic N) is 2. The number of hydrogen-bond acceptors (Lipinski definition) is 7. The Bertz CT molecular complexity index is 1480. The van der Waals surface area contributed by atoms with Crippen LogP contribution in [0.4, 0.5) is 5.69 Å². The van der Waals surface area contributed by atoms with Crippen LogP contribution in [0.15, 0.2) is 48.5 Å². The third kappa shape index (κ3) is 5.87. The van der Waals surface area contributed by atoms with Gasteiger partial charge < -0.3 is 34.4 Å². The lowest BCUT2D eigenvalue weighted by molar-refractivity contribution is 0.0516. The molecule has 42 heavy (non-hydrogen) atoms. The lowest BCUT2D eigenvalue weighted by atomic mass is 9.97. The van der Waals surface area contributed by atoms with E-state index in [1.54, 1.807) is 29.2 Å². The Balaban J connectivity index is 1.24. The van der Waals surface area contributed by atoms with E-state index >= 15 is 0 Å². The number of rotatable bonds is 6. The second kappa shape index (κ2) is 12.4. The number of fused-ring (bicyclic) bond motifs is 1. The normalized spacial score (nSPS) is 17.4. The third-order valence-electron chi connectivity index (χ3n) is 7.82.